The molecule has 1 amide bonds. The van der Waals surface area contributed by atoms with Gasteiger partial charge in [-0.15, -0.1) is 21.5 Å². The van der Waals surface area contributed by atoms with Gasteiger partial charge in [-0.05, 0) is 38.5 Å². The van der Waals surface area contributed by atoms with E-state index in [0.717, 1.165) is 17.1 Å². The lowest BCUT2D eigenvalue weighted by atomic mass is 10.2. The van der Waals surface area contributed by atoms with Gasteiger partial charge in [-0.1, -0.05) is 30.0 Å². The van der Waals surface area contributed by atoms with E-state index in [9.17, 15) is 14.9 Å². The number of nitrogens with one attached hydrogen (secondary N) is 1. The van der Waals surface area contributed by atoms with Crippen LogP contribution in [0.15, 0.2) is 35.5 Å². The van der Waals surface area contributed by atoms with E-state index in [-0.39, 0.29) is 30.4 Å². The van der Waals surface area contributed by atoms with Gasteiger partial charge in [-0.25, -0.2) is 4.79 Å². The summed E-state index contributed by atoms with van der Waals surface area (Å²) in [5, 5.41) is 21.5. The third kappa shape index (κ3) is 5.91. The molecular formula is C22H23N5O4S2. The van der Waals surface area contributed by atoms with Crippen LogP contribution in [-0.4, -0.2) is 39.0 Å². The van der Waals surface area contributed by atoms with Crippen LogP contribution in [0.2, 0.25) is 0 Å². The maximum Gasteiger partial charge on any atom is 0.348 e. The van der Waals surface area contributed by atoms with Crippen molar-refractivity contribution < 1.29 is 19.1 Å². The zero-order chi connectivity index (χ0) is 23.8. The topological polar surface area (TPSA) is 119 Å². The summed E-state index contributed by atoms with van der Waals surface area (Å²) in [4.78, 5) is 25.0. The Morgan fingerprint density at radius 1 is 1.24 bits per heavy atom. The van der Waals surface area contributed by atoms with Crippen molar-refractivity contribution in [2.24, 2.45) is 0 Å². The Hall–Kier alpha value is -3.36. The number of benzene rings is 1. The Balaban J connectivity index is 1.63. The molecule has 0 atom stereocenters. The van der Waals surface area contributed by atoms with Gasteiger partial charge in [0.15, 0.2) is 11.0 Å². The Kier molecular flexibility index (Phi) is 8.46. The van der Waals surface area contributed by atoms with Gasteiger partial charge in [-0.3, -0.25) is 4.79 Å². The lowest BCUT2D eigenvalue weighted by molar-refractivity contribution is -0.113. The minimum atomic E-state index is -0.507. The number of hydrogen-bond donors (Lipinski definition) is 1. The number of thiophene rings is 1. The van der Waals surface area contributed by atoms with E-state index in [1.807, 2.05) is 41.8 Å². The fourth-order valence-corrected chi connectivity index (χ4v) is 4.82. The first kappa shape index (κ1) is 24.3. The van der Waals surface area contributed by atoms with Gasteiger partial charge >= 0.3 is 5.97 Å². The van der Waals surface area contributed by atoms with Crippen molar-refractivity contribution in [2.45, 2.75) is 39.1 Å². The molecule has 9 nitrogen and oxygen atoms in total. The summed E-state index contributed by atoms with van der Waals surface area (Å²) >= 11 is 2.27. The summed E-state index contributed by atoms with van der Waals surface area (Å²) in [6.45, 7) is 6.44. The third-order valence-electron chi connectivity index (χ3n) is 4.53. The molecule has 172 valence electrons. The quantitative estimate of drug-likeness (QED) is 0.338. The maximum absolute atomic E-state index is 12.6. The molecule has 1 N–H and O–H groups in total. The zero-order valence-corrected chi connectivity index (χ0v) is 20.1. The summed E-state index contributed by atoms with van der Waals surface area (Å²) in [6.07, 6.45) is 0. The monoisotopic (exact) mass is 485 g/mol. The molecule has 0 saturated heterocycles. The SMILES string of the molecule is CCOC(=O)c1sc(NC(=O)CSc2nnc(COc3ccccc3)n2CC)c(C#N)c1C. The van der Waals surface area contributed by atoms with Crippen LogP contribution < -0.4 is 10.1 Å². The number of carbonyl (C=O) groups excluding carboxylic acids is 2. The molecule has 0 fully saturated rings. The highest BCUT2D eigenvalue weighted by Gasteiger charge is 2.22. The van der Waals surface area contributed by atoms with Crippen LogP contribution in [0, 0.1) is 18.3 Å². The summed E-state index contributed by atoms with van der Waals surface area (Å²) in [7, 11) is 0. The van der Waals surface area contributed by atoms with Crippen LogP contribution in [0.4, 0.5) is 5.00 Å². The largest absolute Gasteiger partial charge is 0.486 e. The van der Waals surface area contributed by atoms with Crippen LogP contribution in [0.3, 0.4) is 0 Å². The number of anilines is 1. The van der Waals surface area contributed by atoms with Crippen molar-refractivity contribution >= 4 is 40.0 Å². The first-order chi connectivity index (χ1) is 16.0. The number of rotatable bonds is 10. The Bertz CT molecular complexity index is 1170. The van der Waals surface area contributed by atoms with Crippen LogP contribution >= 0.6 is 23.1 Å². The Morgan fingerprint density at radius 3 is 2.67 bits per heavy atom. The van der Waals surface area contributed by atoms with Crippen molar-refractivity contribution in [3.8, 4) is 11.8 Å². The van der Waals surface area contributed by atoms with Crippen LogP contribution in [0.25, 0.3) is 0 Å². The number of nitrogens with zero attached hydrogens (tertiary/aromatic N) is 4. The smallest absolute Gasteiger partial charge is 0.348 e. The summed E-state index contributed by atoms with van der Waals surface area (Å²) < 4.78 is 12.7. The van der Waals surface area contributed by atoms with E-state index >= 15 is 0 Å². The number of ether oxygens (including phenoxy) is 2. The number of aromatic nitrogens is 3. The molecule has 0 saturated carbocycles. The normalized spacial score (nSPS) is 10.5. The van der Waals surface area contributed by atoms with Crippen molar-refractivity contribution in [3.63, 3.8) is 0 Å². The summed E-state index contributed by atoms with van der Waals surface area (Å²) in [5.74, 6) is 0.629. The van der Waals surface area contributed by atoms with Gasteiger partial charge in [0.1, 0.15) is 28.3 Å². The fourth-order valence-electron chi connectivity index (χ4n) is 2.94. The summed E-state index contributed by atoms with van der Waals surface area (Å²) in [5.41, 5.74) is 0.760. The molecule has 3 aromatic rings. The molecule has 1 aromatic carbocycles. The summed E-state index contributed by atoms with van der Waals surface area (Å²) in [6, 6.07) is 11.5. The molecule has 0 aliphatic rings. The van der Waals surface area contributed by atoms with E-state index in [1.54, 1.807) is 13.8 Å². The molecule has 3 rings (SSSR count). The zero-order valence-electron chi connectivity index (χ0n) is 18.5. The maximum atomic E-state index is 12.6. The standard InChI is InChI=1S/C22H23N5O4S2/c1-4-27-17(12-31-15-9-7-6-8-10-15)25-26-22(27)32-13-18(28)24-20-16(11-23)14(3)19(33-20)21(29)30-5-2/h6-10H,4-5,12-13H2,1-3H3,(H,24,28). The first-order valence-corrected chi connectivity index (χ1v) is 12.0. The predicted octanol–water partition coefficient (Wildman–Crippen LogP) is 4.03. The second-order valence-corrected chi connectivity index (χ2v) is 8.64. The number of carbonyl (C=O) groups is 2. The average molecular weight is 486 g/mol. The second-order valence-electron chi connectivity index (χ2n) is 6.67. The van der Waals surface area contributed by atoms with Gasteiger partial charge in [0, 0.05) is 6.54 Å². The second kappa shape index (κ2) is 11.5. The van der Waals surface area contributed by atoms with Crippen molar-refractivity contribution in [2.75, 3.05) is 17.7 Å². The Labute approximate surface area is 199 Å². The molecule has 0 bridgehead atoms. The van der Waals surface area contributed by atoms with E-state index in [2.05, 4.69) is 21.6 Å². The molecule has 0 radical (unpaired) electrons. The highest BCUT2D eigenvalue weighted by molar-refractivity contribution is 7.99. The molecule has 0 aliphatic heterocycles. The molecule has 0 aliphatic carbocycles. The Morgan fingerprint density at radius 2 is 2.00 bits per heavy atom. The number of amides is 1. The van der Waals surface area contributed by atoms with Gasteiger partial charge in [0.25, 0.3) is 0 Å². The van der Waals surface area contributed by atoms with Crippen molar-refractivity contribution in [1.29, 1.82) is 5.26 Å². The molecule has 11 heteroatoms. The number of thioether (sulfide) groups is 1. The van der Waals surface area contributed by atoms with Gasteiger partial charge < -0.3 is 19.4 Å². The van der Waals surface area contributed by atoms with Crippen molar-refractivity contribution in [1.82, 2.24) is 14.8 Å². The molecule has 0 spiro atoms. The lowest BCUT2D eigenvalue weighted by Crippen LogP contribution is -2.15. The van der Waals surface area contributed by atoms with E-state index in [1.165, 1.54) is 11.8 Å². The average Bonchev–Trinajstić information content (AvgIpc) is 3.36. The van der Waals surface area contributed by atoms with E-state index in [4.69, 9.17) is 9.47 Å². The third-order valence-corrected chi connectivity index (χ3v) is 6.68. The first-order valence-electron chi connectivity index (χ1n) is 10.2. The van der Waals surface area contributed by atoms with Crippen LogP contribution in [-0.2, 0) is 22.7 Å². The minimum absolute atomic E-state index is 0.0637. The molecule has 33 heavy (non-hydrogen) atoms. The highest BCUT2D eigenvalue weighted by atomic mass is 32.2. The van der Waals surface area contributed by atoms with Gasteiger partial charge in [-0.2, -0.15) is 5.26 Å². The number of hydrogen-bond acceptors (Lipinski definition) is 9. The van der Waals surface area contributed by atoms with Crippen LogP contribution in [0.5, 0.6) is 5.75 Å². The highest BCUT2D eigenvalue weighted by Crippen LogP contribution is 2.33. The fraction of sp³-hybridized carbons (Fsp3) is 0.318. The number of esters is 1. The van der Waals surface area contributed by atoms with Gasteiger partial charge in [0.05, 0.1) is 17.9 Å². The predicted molar refractivity (Wildman–Crippen MR) is 126 cm³/mol. The van der Waals surface area contributed by atoms with Crippen LogP contribution in [0.1, 0.15) is 40.5 Å². The van der Waals surface area contributed by atoms with Gasteiger partial charge in [0.2, 0.25) is 5.91 Å². The van der Waals surface area contributed by atoms with E-state index in [0.29, 0.717) is 33.0 Å². The van der Waals surface area contributed by atoms with Crippen molar-refractivity contribution in [3.05, 3.63) is 52.2 Å². The molecule has 2 heterocycles. The molecule has 0 unspecified atom stereocenters. The number of para-hydroxylation sites is 1. The van der Waals surface area contributed by atoms with E-state index < -0.39 is 5.97 Å². The molecular weight excluding hydrogens is 462 g/mol. The molecule has 2 aromatic heterocycles. The number of nitriles is 1. The lowest BCUT2D eigenvalue weighted by Gasteiger charge is -2.09. The minimum Gasteiger partial charge on any atom is -0.486 e.